The number of hydrogen-bond acceptors (Lipinski definition) is 2. The number of carbonyl (C=O) groups excluding carboxylic acids is 1. The maximum atomic E-state index is 14.2. The lowest BCUT2D eigenvalue weighted by molar-refractivity contribution is 0.0942. The largest absolute Gasteiger partial charge is 0.347 e. The summed E-state index contributed by atoms with van der Waals surface area (Å²) in [5, 5.41) is 3.88. The first-order chi connectivity index (χ1) is 13.2. The van der Waals surface area contributed by atoms with Gasteiger partial charge in [-0.1, -0.05) is 36.4 Å². The standard InChI is InChI=1S/C22H18FN3O/c23-19-7-3-1-6-18(19)15-26-20-8-4-2-5-17(20)13-21(26)22(27)25-14-16-9-11-24-12-10-16/h1-13H,14-15H2,(H,25,27). The number of amides is 1. The Morgan fingerprint density at radius 2 is 1.74 bits per heavy atom. The minimum absolute atomic E-state index is 0.195. The Kier molecular flexibility index (Phi) is 4.66. The van der Waals surface area contributed by atoms with Crippen LogP contribution >= 0.6 is 0 Å². The Bertz CT molecular complexity index is 1090. The van der Waals surface area contributed by atoms with Crippen LogP contribution in [0.1, 0.15) is 21.6 Å². The minimum atomic E-state index is -0.279. The average Bonchev–Trinajstić information content (AvgIpc) is 3.07. The third-order valence-corrected chi connectivity index (χ3v) is 4.53. The molecule has 2 aromatic heterocycles. The number of nitrogens with zero attached hydrogens (tertiary/aromatic N) is 2. The van der Waals surface area contributed by atoms with Crippen LogP contribution in [0.4, 0.5) is 4.39 Å². The molecule has 134 valence electrons. The fraction of sp³-hybridized carbons (Fsp3) is 0.0909. The number of pyridine rings is 1. The van der Waals surface area contributed by atoms with Gasteiger partial charge in [0, 0.05) is 35.4 Å². The van der Waals surface area contributed by atoms with Crippen LogP contribution in [0.25, 0.3) is 10.9 Å². The SMILES string of the molecule is O=C(NCc1ccncc1)c1cc2ccccc2n1Cc1ccccc1F. The van der Waals surface area contributed by atoms with Gasteiger partial charge in [0.2, 0.25) is 0 Å². The molecule has 0 aliphatic heterocycles. The second-order valence-corrected chi connectivity index (χ2v) is 6.30. The first-order valence-electron chi connectivity index (χ1n) is 8.71. The first-order valence-corrected chi connectivity index (χ1v) is 8.71. The highest BCUT2D eigenvalue weighted by Gasteiger charge is 2.16. The van der Waals surface area contributed by atoms with E-state index in [2.05, 4.69) is 10.3 Å². The van der Waals surface area contributed by atoms with E-state index in [1.54, 1.807) is 30.6 Å². The zero-order chi connectivity index (χ0) is 18.6. The van der Waals surface area contributed by atoms with Crippen molar-refractivity contribution in [3.05, 3.63) is 102 Å². The molecule has 0 atom stereocenters. The summed E-state index contributed by atoms with van der Waals surface area (Å²) < 4.78 is 16.0. The average molecular weight is 359 g/mol. The Hall–Kier alpha value is -3.47. The molecule has 1 N–H and O–H groups in total. The summed E-state index contributed by atoms with van der Waals surface area (Å²) in [5.74, 6) is -0.474. The number of halogens is 1. The summed E-state index contributed by atoms with van der Waals surface area (Å²) in [6.07, 6.45) is 3.38. The highest BCUT2D eigenvalue weighted by Crippen LogP contribution is 2.22. The van der Waals surface area contributed by atoms with Gasteiger partial charge in [-0.3, -0.25) is 9.78 Å². The van der Waals surface area contributed by atoms with Crippen LogP contribution in [0, 0.1) is 5.82 Å². The number of hydrogen-bond donors (Lipinski definition) is 1. The van der Waals surface area contributed by atoms with E-state index in [1.807, 2.05) is 47.0 Å². The summed E-state index contributed by atoms with van der Waals surface area (Å²) >= 11 is 0. The molecule has 0 saturated carbocycles. The van der Waals surface area contributed by atoms with E-state index >= 15 is 0 Å². The lowest BCUT2D eigenvalue weighted by Crippen LogP contribution is -2.25. The molecule has 1 amide bonds. The summed E-state index contributed by atoms with van der Waals surface area (Å²) in [6.45, 7) is 0.695. The van der Waals surface area contributed by atoms with Crippen molar-refractivity contribution in [1.82, 2.24) is 14.9 Å². The van der Waals surface area contributed by atoms with Crippen molar-refractivity contribution >= 4 is 16.8 Å². The van der Waals surface area contributed by atoms with Crippen LogP contribution in [0.15, 0.2) is 79.1 Å². The highest BCUT2D eigenvalue weighted by molar-refractivity contribution is 5.98. The summed E-state index contributed by atoms with van der Waals surface area (Å²) in [7, 11) is 0. The second-order valence-electron chi connectivity index (χ2n) is 6.30. The van der Waals surface area contributed by atoms with E-state index in [1.165, 1.54) is 6.07 Å². The van der Waals surface area contributed by atoms with Crippen LogP contribution < -0.4 is 5.32 Å². The number of aromatic nitrogens is 2. The molecule has 27 heavy (non-hydrogen) atoms. The van der Waals surface area contributed by atoms with Crippen molar-refractivity contribution in [3.8, 4) is 0 Å². The maximum Gasteiger partial charge on any atom is 0.268 e. The first kappa shape index (κ1) is 17.0. The van der Waals surface area contributed by atoms with E-state index < -0.39 is 0 Å². The van der Waals surface area contributed by atoms with Gasteiger partial charge in [0.25, 0.3) is 5.91 Å². The summed E-state index contributed by atoms with van der Waals surface area (Å²) in [6, 6.07) is 19.9. The molecule has 4 aromatic rings. The van der Waals surface area contributed by atoms with Gasteiger partial charge >= 0.3 is 0 Å². The zero-order valence-electron chi connectivity index (χ0n) is 14.6. The molecule has 2 heterocycles. The van der Waals surface area contributed by atoms with E-state index in [0.29, 0.717) is 17.8 Å². The van der Waals surface area contributed by atoms with Crippen LogP contribution in [-0.2, 0) is 13.1 Å². The smallest absolute Gasteiger partial charge is 0.268 e. The zero-order valence-corrected chi connectivity index (χ0v) is 14.6. The van der Waals surface area contributed by atoms with E-state index in [0.717, 1.165) is 16.5 Å². The molecule has 0 unspecified atom stereocenters. The molecule has 4 nitrogen and oxygen atoms in total. The summed E-state index contributed by atoms with van der Waals surface area (Å²) in [4.78, 5) is 16.8. The van der Waals surface area contributed by atoms with Gasteiger partial charge in [-0.25, -0.2) is 4.39 Å². The third kappa shape index (κ3) is 3.58. The van der Waals surface area contributed by atoms with Crippen molar-refractivity contribution in [2.24, 2.45) is 0 Å². The number of fused-ring (bicyclic) bond motifs is 1. The van der Waals surface area contributed by atoms with E-state index in [9.17, 15) is 9.18 Å². The highest BCUT2D eigenvalue weighted by atomic mass is 19.1. The number of nitrogens with one attached hydrogen (secondary N) is 1. The predicted molar refractivity (Wildman–Crippen MR) is 103 cm³/mol. The van der Waals surface area contributed by atoms with Crippen molar-refractivity contribution in [1.29, 1.82) is 0 Å². The molecular formula is C22H18FN3O. The van der Waals surface area contributed by atoms with Gasteiger partial charge in [0.05, 0.1) is 6.54 Å². The molecule has 0 saturated heterocycles. The Morgan fingerprint density at radius 1 is 1.00 bits per heavy atom. The number of para-hydroxylation sites is 1. The number of carbonyl (C=O) groups is 1. The predicted octanol–water partition coefficient (Wildman–Crippen LogP) is 4.15. The molecule has 0 aliphatic carbocycles. The molecule has 0 bridgehead atoms. The monoisotopic (exact) mass is 359 g/mol. The topological polar surface area (TPSA) is 46.9 Å². The Morgan fingerprint density at radius 3 is 2.56 bits per heavy atom. The van der Waals surface area contributed by atoms with Crippen LogP contribution in [-0.4, -0.2) is 15.5 Å². The fourth-order valence-electron chi connectivity index (χ4n) is 3.14. The third-order valence-electron chi connectivity index (χ3n) is 4.53. The molecule has 4 rings (SSSR count). The fourth-order valence-corrected chi connectivity index (χ4v) is 3.14. The molecule has 0 spiro atoms. The van der Waals surface area contributed by atoms with Crippen molar-refractivity contribution < 1.29 is 9.18 Å². The van der Waals surface area contributed by atoms with Gasteiger partial charge in [-0.2, -0.15) is 0 Å². The molecule has 2 aromatic carbocycles. The van der Waals surface area contributed by atoms with Crippen molar-refractivity contribution in [2.75, 3.05) is 0 Å². The van der Waals surface area contributed by atoms with Gasteiger partial charge in [0.15, 0.2) is 0 Å². The van der Waals surface area contributed by atoms with Crippen LogP contribution in [0.3, 0.4) is 0 Å². The van der Waals surface area contributed by atoms with Gasteiger partial charge in [-0.05, 0) is 35.9 Å². The number of rotatable bonds is 5. The molecule has 0 fully saturated rings. The van der Waals surface area contributed by atoms with Gasteiger partial charge < -0.3 is 9.88 Å². The Balaban J connectivity index is 1.67. The van der Waals surface area contributed by atoms with Gasteiger partial charge in [0.1, 0.15) is 11.5 Å². The minimum Gasteiger partial charge on any atom is -0.347 e. The Labute approximate surface area is 156 Å². The molecular weight excluding hydrogens is 341 g/mol. The van der Waals surface area contributed by atoms with Crippen molar-refractivity contribution in [3.63, 3.8) is 0 Å². The lowest BCUT2D eigenvalue weighted by Gasteiger charge is -2.12. The normalized spacial score (nSPS) is 10.9. The second kappa shape index (κ2) is 7.41. The van der Waals surface area contributed by atoms with E-state index in [4.69, 9.17) is 0 Å². The lowest BCUT2D eigenvalue weighted by atomic mass is 10.2. The van der Waals surface area contributed by atoms with Crippen molar-refractivity contribution in [2.45, 2.75) is 13.1 Å². The summed E-state index contributed by atoms with van der Waals surface area (Å²) in [5.41, 5.74) is 2.92. The molecule has 0 radical (unpaired) electrons. The van der Waals surface area contributed by atoms with E-state index in [-0.39, 0.29) is 18.3 Å². The van der Waals surface area contributed by atoms with Crippen LogP contribution in [0.2, 0.25) is 0 Å². The molecule has 5 heteroatoms. The quantitative estimate of drug-likeness (QED) is 0.582. The number of benzene rings is 2. The maximum absolute atomic E-state index is 14.2. The molecule has 0 aliphatic rings. The van der Waals surface area contributed by atoms with Crippen LogP contribution in [0.5, 0.6) is 0 Å². The van der Waals surface area contributed by atoms with Gasteiger partial charge in [-0.15, -0.1) is 0 Å².